The van der Waals surface area contributed by atoms with Gasteiger partial charge < -0.3 is 19.5 Å². The van der Waals surface area contributed by atoms with E-state index in [2.05, 4.69) is 5.32 Å². The normalized spacial score (nSPS) is 16.3. The number of thioether (sulfide) groups is 1. The highest BCUT2D eigenvalue weighted by Crippen LogP contribution is 2.32. The van der Waals surface area contributed by atoms with Crippen LogP contribution in [0.3, 0.4) is 0 Å². The van der Waals surface area contributed by atoms with Crippen LogP contribution in [0.1, 0.15) is 12.0 Å². The minimum absolute atomic E-state index is 0.0362. The monoisotopic (exact) mass is 553 g/mol. The van der Waals surface area contributed by atoms with E-state index in [4.69, 9.17) is 30.8 Å². The summed E-state index contributed by atoms with van der Waals surface area (Å²) in [6, 6.07) is 19.8. The minimum Gasteiger partial charge on any atom is -0.497 e. The van der Waals surface area contributed by atoms with Gasteiger partial charge in [0.25, 0.3) is 0 Å². The molecule has 1 heterocycles. The molecule has 1 aliphatic heterocycles. The summed E-state index contributed by atoms with van der Waals surface area (Å²) in [5.41, 5.74) is 2.11. The number of aliphatic imine (C=N–C) groups is 1. The number of benzene rings is 3. The van der Waals surface area contributed by atoms with Crippen molar-refractivity contribution in [2.24, 2.45) is 4.99 Å². The Kier molecular flexibility index (Phi) is 9.15. The molecule has 1 N–H and O–H groups in total. The number of para-hydroxylation sites is 1. The smallest absolute Gasteiger partial charge is 0.238 e. The zero-order chi connectivity index (χ0) is 27.1. The van der Waals surface area contributed by atoms with E-state index in [1.54, 1.807) is 74.8 Å². The van der Waals surface area contributed by atoms with Crippen molar-refractivity contribution >= 4 is 51.7 Å². The van der Waals surface area contributed by atoms with Crippen molar-refractivity contribution in [2.45, 2.75) is 18.1 Å². The van der Waals surface area contributed by atoms with Crippen LogP contribution in [-0.4, -0.2) is 55.0 Å². The van der Waals surface area contributed by atoms with Gasteiger partial charge >= 0.3 is 0 Å². The van der Waals surface area contributed by atoms with Crippen molar-refractivity contribution in [3.05, 3.63) is 77.3 Å². The first-order chi connectivity index (χ1) is 18.4. The highest BCUT2D eigenvalue weighted by Gasteiger charge is 2.36. The summed E-state index contributed by atoms with van der Waals surface area (Å²) >= 11 is 7.47. The number of nitrogens with one attached hydrogen (secondary N) is 1. The molecule has 4 rings (SSSR count). The third kappa shape index (κ3) is 6.59. The summed E-state index contributed by atoms with van der Waals surface area (Å²) in [4.78, 5) is 32.8. The fourth-order valence-corrected chi connectivity index (χ4v) is 5.19. The van der Waals surface area contributed by atoms with Gasteiger partial charge in [0.1, 0.15) is 11.0 Å². The number of amidine groups is 1. The Morgan fingerprint density at radius 1 is 1.03 bits per heavy atom. The molecular weight excluding hydrogens is 526 g/mol. The molecule has 1 fully saturated rings. The second kappa shape index (κ2) is 12.7. The number of amides is 2. The third-order valence-corrected chi connectivity index (χ3v) is 7.45. The van der Waals surface area contributed by atoms with Gasteiger partial charge in [0, 0.05) is 13.0 Å². The average Bonchev–Trinajstić information content (AvgIpc) is 2.93. The first kappa shape index (κ1) is 27.3. The molecule has 1 atom stereocenters. The predicted molar refractivity (Wildman–Crippen MR) is 151 cm³/mol. The number of carbonyl (C=O) groups is 2. The first-order valence-electron chi connectivity index (χ1n) is 11.9. The van der Waals surface area contributed by atoms with Gasteiger partial charge in [-0.15, -0.1) is 0 Å². The number of rotatable bonds is 9. The summed E-state index contributed by atoms with van der Waals surface area (Å²) < 4.78 is 16.0. The van der Waals surface area contributed by atoms with Crippen molar-refractivity contribution in [1.82, 2.24) is 4.90 Å². The number of nitrogens with zero attached hydrogens (tertiary/aromatic N) is 2. The number of anilines is 1. The van der Waals surface area contributed by atoms with Crippen molar-refractivity contribution in [3.63, 3.8) is 0 Å². The lowest BCUT2D eigenvalue weighted by Gasteiger charge is -2.32. The SMILES string of the molecule is COc1ccc(N=C2SC(C(=O)Nc3ccccc3Cl)CC(=O)N2CCc2ccc(OC)c(OC)c2)cc1. The maximum atomic E-state index is 13.3. The Morgan fingerprint density at radius 3 is 2.45 bits per heavy atom. The van der Waals surface area contributed by atoms with Crippen molar-refractivity contribution in [2.75, 3.05) is 33.2 Å². The Balaban J connectivity index is 1.57. The second-order valence-electron chi connectivity index (χ2n) is 8.36. The van der Waals surface area contributed by atoms with E-state index in [-0.39, 0.29) is 18.2 Å². The predicted octanol–water partition coefficient (Wildman–Crippen LogP) is 5.57. The summed E-state index contributed by atoms with van der Waals surface area (Å²) in [5.74, 6) is 1.46. The van der Waals surface area contributed by atoms with Crippen LogP contribution in [-0.2, 0) is 16.0 Å². The third-order valence-electron chi connectivity index (χ3n) is 5.93. The number of ether oxygens (including phenoxy) is 3. The molecule has 198 valence electrons. The molecule has 0 radical (unpaired) electrons. The number of halogens is 1. The lowest BCUT2D eigenvalue weighted by Crippen LogP contribution is -2.46. The first-order valence-corrected chi connectivity index (χ1v) is 13.1. The summed E-state index contributed by atoms with van der Waals surface area (Å²) in [7, 11) is 4.76. The van der Waals surface area contributed by atoms with Gasteiger partial charge in [-0.05, 0) is 60.5 Å². The summed E-state index contributed by atoms with van der Waals surface area (Å²) in [6.07, 6.45) is 0.597. The Labute approximate surface area is 230 Å². The summed E-state index contributed by atoms with van der Waals surface area (Å²) in [6.45, 7) is 0.384. The van der Waals surface area contributed by atoms with E-state index in [0.29, 0.717) is 51.8 Å². The number of methoxy groups -OCH3 is 3. The van der Waals surface area contributed by atoms with Crippen molar-refractivity contribution in [3.8, 4) is 17.2 Å². The second-order valence-corrected chi connectivity index (χ2v) is 9.93. The zero-order valence-electron chi connectivity index (χ0n) is 21.3. The maximum absolute atomic E-state index is 13.3. The fourth-order valence-electron chi connectivity index (χ4n) is 3.88. The minimum atomic E-state index is -0.659. The molecule has 1 saturated heterocycles. The molecule has 8 nitrogen and oxygen atoms in total. The van der Waals surface area contributed by atoms with Crippen LogP contribution in [0.25, 0.3) is 0 Å². The molecule has 0 saturated carbocycles. The highest BCUT2D eigenvalue weighted by molar-refractivity contribution is 8.15. The zero-order valence-corrected chi connectivity index (χ0v) is 22.8. The molecule has 3 aromatic carbocycles. The number of carbonyl (C=O) groups excluding carboxylic acids is 2. The lowest BCUT2D eigenvalue weighted by molar-refractivity contribution is -0.129. The number of hydrogen-bond acceptors (Lipinski definition) is 7. The van der Waals surface area contributed by atoms with Gasteiger partial charge in [-0.1, -0.05) is 41.6 Å². The van der Waals surface area contributed by atoms with Crippen LogP contribution in [0, 0.1) is 0 Å². The molecule has 38 heavy (non-hydrogen) atoms. The molecule has 1 unspecified atom stereocenters. The fraction of sp³-hybridized carbons (Fsp3) is 0.250. The molecule has 0 aliphatic carbocycles. The van der Waals surface area contributed by atoms with E-state index in [9.17, 15) is 9.59 Å². The Hall–Kier alpha value is -3.69. The Morgan fingerprint density at radius 2 is 1.76 bits per heavy atom. The van der Waals surface area contributed by atoms with Gasteiger partial charge in [0.15, 0.2) is 16.7 Å². The number of hydrogen-bond donors (Lipinski definition) is 1. The van der Waals surface area contributed by atoms with E-state index in [1.807, 2.05) is 18.2 Å². The molecular formula is C28H28ClN3O5S. The van der Waals surface area contributed by atoms with Gasteiger partial charge in [-0.2, -0.15) is 0 Å². The van der Waals surface area contributed by atoms with Crippen LogP contribution in [0.15, 0.2) is 71.7 Å². The van der Waals surface area contributed by atoms with Crippen molar-refractivity contribution < 1.29 is 23.8 Å². The van der Waals surface area contributed by atoms with Crippen LogP contribution in [0.5, 0.6) is 17.2 Å². The molecule has 0 bridgehead atoms. The standard InChI is InChI=1S/C28H28ClN3O5S/c1-35-20-11-9-19(10-12-20)30-28-32(15-14-18-8-13-23(36-2)24(16-18)37-3)26(33)17-25(38-28)27(34)31-22-7-5-4-6-21(22)29/h4-13,16,25H,14-15,17H2,1-3H3,(H,31,34). The van der Waals surface area contributed by atoms with E-state index in [1.165, 1.54) is 11.8 Å². The molecule has 10 heteroatoms. The van der Waals surface area contributed by atoms with E-state index < -0.39 is 5.25 Å². The van der Waals surface area contributed by atoms with Gasteiger partial charge in [-0.25, -0.2) is 4.99 Å². The van der Waals surface area contributed by atoms with Crippen LogP contribution in [0.4, 0.5) is 11.4 Å². The Bertz CT molecular complexity index is 1330. The van der Waals surface area contributed by atoms with E-state index >= 15 is 0 Å². The van der Waals surface area contributed by atoms with Crippen LogP contribution in [0.2, 0.25) is 5.02 Å². The van der Waals surface area contributed by atoms with Crippen LogP contribution >= 0.6 is 23.4 Å². The molecule has 0 aromatic heterocycles. The quantitative estimate of drug-likeness (QED) is 0.373. The highest BCUT2D eigenvalue weighted by atomic mass is 35.5. The average molecular weight is 554 g/mol. The topological polar surface area (TPSA) is 89.5 Å². The van der Waals surface area contributed by atoms with Crippen LogP contribution < -0.4 is 19.5 Å². The maximum Gasteiger partial charge on any atom is 0.238 e. The van der Waals surface area contributed by atoms with E-state index in [0.717, 1.165) is 5.56 Å². The van der Waals surface area contributed by atoms with Gasteiger partial charge in [0.05, 0.1) is 37.7 Å². The molecule has 3 aromatic rings. The van der Waals surface area contributed by atoms with Gasteiger partial charge in [-0.3, -0.25) is 14.5 Å². The largest absolute Gasteiger partial charge is 0.497 e. The molecule has 2 amide bonds. The van der Waals surface area contributed by atoms with Gasteiger partial charge in [0.2, 0.25) is 11.8 Å². The van der Waals surface area contributed by atoms with Crippen molar-refractivity contribution in [1.29, 1.82) is 0 Å². The molecule has 1 aliphatic rings. The molecule has 0 spiro atoms. The lowest BCUT2D eigenvalue weighted by atomic mass is 10.1. The summed E-state index contributed by atoms with van der Waals surface area (Å²) in [5, 5.41) is 3.05.